The molecule has 2 heteroatoms. The molecule has 14 heavy (non-hydrogen) atoms. The highest BCUT2D eigenvalue weighted by atomic mass is 32.1. The van der Waals surface area contributed by atoms with E-state index < -0.39 is 0 Å². The predicted molar refractivity (Wildman–Crippen MR) is 65.1 cm³/mol. The summed E-state index contributed by atoms with van der Waals surface area (Å²) in [6, 6.07) is 4.12. The number of allylic oxidation sites excluding steroid dienone is 2. The molecule has 0 N–H and O–H groups in total. The highest BCUT2D eigenvalue weighted by Gasteiger charge is 1.99. The molecule has 0 atom stereocenters. The zero-order valence-electron chi connectivity index (χ0n) is 8.87. The summed E-state index contributed by atoms with van der Waals surface area (Å²) in [4.78, 5) is 5.74. The van der Waals surface area contributed by atoms with Crippen LogP contribution in [-0.2, 0) is 0 Å². The van der Waals surface area contributed by atoms with Gasteiger partial charge in [0.25, 0.3) is 0 Å². The molecule has 0 bridgehead atoms. The number of rotatable bonds is 3. The van der Waals surface area contributed by atoms with Crippen LogP contribution in [0.2, 0.25) is 0 Å². The van der Waals surface area contributed by atoms with Crippen molar-refractivity contribution >= 4 is 17.0 Å². The van der Waals surface area contributed by atoms with Crippen LogP contribution in [0.4, 0.5) is 0 Å². The van der Waals surface area contributed by atoms with Crippen molar-refractivity contribution in [3.05, 3.63) is 46.3 Å². The maximum atomic E-state index is 4.53. The first kappa shape index (κ1) is 10.9. The SMILES string of the molecule is C=C(C)/C(=C/C)N=C(C)c1cccs1. The quantitative estimate of drug-likeness (QED) is 0.521. The molecule has 0 spiro atoms. The average molecular weight is 205 g/mol. The minimum atomic E-state index is 0.968. The predicted octanol–water partition coefficient (Wildman–Crippen LogP) is 4.04. The average Bonchev–Trinajstić information content (AvgIpc) is 2.65. The highest BCUT2D eigenvalue weighted by Crippen LogP contribution is 2.14. The normalized spacial score (nSPS) is 13.1. The maximum Gasteiger partial charge on any atom is 0.0614 e. The van der Waals surface area contributed by atoms with Gasteiger partial charge in [-0.25, -0.2) is 0 Å². The Morgan fingerprint density at radius 1 is 1.50 bits per heavy atom. The summed E-state index contributed by atoms with van der Waals surface area (Å²) in [7, 11) is 0. The van der Waals surface area contributed by atoms with Crippen LogP contribution in [0.1, 0.15) is 25.6 Å². The fourth-order valence-corrected chi connectivity index (χ4v) is 1.80. The fraction of sp³-hybridized carbons (Fsp3) is 0.250. The van der Waals surface area contributed by atoms with E-state index in [9.17, 15) is 0 Å². The zero-order valence-corrected chi connectivity index (χ0v) is 9.69. The molecular weight excluding hydrogens is 190 g/mol. The summed E-state index contributed by atoms with van der Waals surface area (Å²) < 4.78 is 0. The molecule has 0 aromatic carbocycles. The summed E-state index contributed by atoms with van der Waals surface area (Å²) in [5.74, 6) is 0. The van der Waals surface area contributed by atoms with Crippen molar-refractivity contribution in [3.8, 4) is 0 Å². The summed E-state index contributed by atoms with van der Waals surface area (Å²) in [5, 5.41) is 2.06. The molecule has 0 saturated carbocycles. The van der Waals surface area contributed by atoms with E-state index >= 15 is 0 Å². The Morgan fingerprint density at radius 3 is 2.64 bits per heavy atom. The molecule has 1 aromatic heterocycles. The molecular formula is C12H15NS. The molecule has 1 rings (SSSR count). The van der Waals surface area contributed by atoms with E-state index in [1.54, 1.807) is 11.3 Å². The summed E-state index contributed by atoms with van der Waals surface area (Å²) in [6.07, 6.45) is 1.99. The first-order chi connectivity index (χ1) is 6.65. The van der Waals surface area contributed by atoms with E-state index in [1.165, 1.54) is 4.88 Å². The number of aliphatic imine (C=N–C) groups is 1. The number of hydrogen-bond donors (Lipinski definition) is 0. The Bertz CT molecular complexity index is 369. The van der Waals surface area contributed by atoms with E-state index in [1.807, 2.05) is 32.9 Å². The molecule has 1 heterocycles. The number of hydrogen-bond acceptors (Lipinski definition) is 2. The standard InChI is InChI=1S/C12H15NS/c1-5-11(9(2)3)13-10(4)12-7-6-8-14-12/h5-8H,2H2,1,3-4H3/b11-5-,13-10?. The lowest BCUT2D eigenvalue weighted by Gasteiger charge is -2.01. The Hall–Kier alpha value is -1.15. The summed E-state index contributed by atoms with van der Waals surface area (Å²) in [5.41, 5.74) is 3.02. The Kier molecular flexibility index (Phi) is 3.84. The first-order valence-electron chi connectivity index (χ1n) is 4.56. The fourth-order valence-electron chi connectivity index (χ4n) is 1.13. The van der Waals surface area contributed by atoms with Crippen molar-refractivity contribution in [1.82, 2.24) is 0 Å². The lowest BCUT2D eigenvalue weighted by Crippen LogP contribution is -1.92. The molecule has 1 aromatic rings. The van der Waals surface area contributed by atoms with Crippen molar-refractivity contribution < 1.29 is 0 Å². The van der Waals surface area contributed by atoms with Crippen LogP contribution in [-0.4, -0.2) is 5.71 Å². The van der Waals surface area contributed by atoms with Crippen LogP contribution in [0.25, 0.3) is 0 Å². The number of nitrogens with zero attached hydrogens (tertiary/aromatic N) is 1. The monoisotopic (exact) mass is 205 g/mol. The highest BCUT2D eigenvalue weighted by molar-refractivity contribution is 7.12. The largest absolute Gasteiger partial charge is 0.252 e. The molecule has 0 unspecified atom stereocenters. The Balaban J connectivity index is 2.94. The van der Waals surface area contributed by atoms with Gasteiger partial charge in [0.05, 0.1) is 11.4 Å². The lowest BCUT2D eigenvalue weighted by atomic mass is 10.2. The van der Waals surface area contributed by atoms with Gasteiger partial charge in [0.1, 0.15) is 0 Å². The van der Waals surface area contributed by atoms with Crippen LogP contribution < -0.4 is 0 Å². The topological polar surface area (TPSA) is 12.4 Å². The zero-order chi connectivity index (χ0) is 10.6. The van der Waals surface area contributed by atoms with Crippen molar-refractivity contribution in [2.45, 2.75) is 20.8 Å². The van der Waals surface area contributed by atoms with Crippen LogP contribution in [0, 0.1) is 0 Å². The van der Waals surface area contributed by atoms with E-state index in [-0.39, 0.29) is 0 Å². The third kappa shape index (κ3) is 2.67. The minimum absolute atomic E-state index is 0.968. The van der Waals surface area contributed by atoms with Crippen LogP contribution in [0.3, 0.4) is 0 Å². The number of thiophene rings is 1. The van der Waals surface area contributed by atoms with Crippen LogP contribution >= 0.6 is 11.3 Å². The van der Waals surface area contributed by atoms with Gasteiger partial charge in [0, 0.05) is 4.88 Å². The van der Waals surface area contributed by atoms with Crippen molar-refractivity contribution in [1.29, 1.82) is 0 Å². The van der Waals surface area contributed by atoms with Crippen molar-refractivity contribution in [3.63, 3.8) is 0 Å². The minimum Gasteiger partial charge on any atom is -0.252 e. The van der Waals surface area contributed by atoms with Gasteiger partial charge in [0.2, 0.25) is 0 Å². The first-order valence-corrected chi connectivity index (χ1v) is 5.44. The Labute approximate surface area is 89.5 Å². The van der Waals surface area contributed by atoms with Gasteiger partial charge >= 0.3 is 0 Å². The van der Waals surface area contributed by atoms with Gasteiger partial charge in [-0.15, -0.1) is 11.3 Å². The van der Waals surface area contributed by atoms with E-state index in [0.29, 0.717) is 0 Å². The maximum absolute atomic E-state index is 4.53. The van der Waals surface area contributed by atoms with Gasteiger partial charge in [-0.3, -0.25) is 4.99 Å². The smallest absolute Gasteiger partial charge is 0.0614 e. The second-order valence-electron chi connectivity index (χ2n) is 3.13. The molecule has 1 nitrogen and oxygen atoms in total. The second kappa shape index (κ2) is 4.91. The lowest BCUT2D eigenvalue weighted by molar-refractivity contribution is 1.27. The molecule has 0 saturated heterocycles. The van der Waals surface area contributed by atoms with Gasteiger partial charge in [-0.1, -0.05) is 18.7 Å². The van der Waals surface area contributed by atoms with Gasteiger partial charge in [-0.05, 0) is 37.8 Å². The second-order valence-corrected chi connectivity index (χ2v) is 4.08. The van der Waals surface area contributed by atoms with Gasteiger partial charge in [-0.2, -0.15) is 0 Å². The van der Waals surface area contributed by atoms with Gasteiger partial charge in [0.15, 0.2) is 0 Å². The van der Waals surface area contributed by atoms with E-state index in [2.05, 4.69) is 23.0 Å². The molecule has 0 aliphatic heterocycles. The molecule has 0 fully saturated rings. The van der Waals surface area contributed by atoms with Crippen molar-refractivity contribution in [2.75, 3.05) is 0 Å². The summed E-state index contributed by atoms with van der Waals surface area (Å²) >= 11 is 1.71. The molecule has 0 radical (unpaired) electrons. The van der Waals surface area contributed by atoms with Crippen LogP contribution in [0.5, 0.6) is 0 Å². The molecule has 74 valence electrons. The van der Waals surface area contributed by atoms with E-state index in [4.69, 9.17) is 0 Å². The third-order valence-electron chi connectivity index (χ3n) is 1.88. The third-order valence-corrected chi connectivity index (χ3v) is 2.86. The van der Waals surface area contributed by atoms with Crippen molar-refractivity contribution in [2.24, 2.45) is 4.99 Å². The van der Waals surface area contributed by atoms with Crippen LogP contribution in [0.15, 0.2) is 46.4 Å². The molecule has 0 aliphatic carbocycles. The van der Waals surface area contributed by atoms with Gasteiger partial charge < -0.3 is 0 Å². The summed E-state index contributed by atoms with van der Waals surface area (Å²) in [6.45, 7) is 9.87. The molecule has 0 aliphatic rings. The Morgan fingerprint density at radius 2 is 2.21 bits per heavy atom. The van der Waals surface area contributed by atoms with E-state index in [0.717, 1.165) is 17.0 Å². The molecule has 0 amide bonds.